The van der Waals surface area contributed by atoms with Crippen LogP contribution < -0.4 is 10.6 Å². The second-order valence-electron chi connectivity index (χ2n) is 5.47. The third-order valence-electron chi connectivity index (χ3n) is 2.49. The van der Waals surface area contributed by atoms with E-state index >= 15 is 0 Å². The number of imide groups is 1. The molecule has 1 aliphatic carbocycles. The lowest BCUT2D eigenvalue weighted by Gasteiger charge is -2.20. The fourth-order valence-electron chi connectivity index (χ4n) is 1.78. The summed E-state index contributed by atoms with van der Waals surface area (Å²) in [4.78, 5) is 22.9. The summed E-state index contributed by atoms with van der Waals surface area (Å²) in [5, 5.41) is 5.65. The SMILES string of the molecule is CC(C)(C)NC(=O)NC(=O)CSC1CCCC1. The van der Waals surface area contributed by atoms with Crippen molar-refractivity contribution in [1.82, 2.24) is 10.6 Å². The van der Waals surface area contributed by atoms with Crippen LogP contribution in [0.4, 0.5) is 4.79 Å². The number of carbonyl (C=O) groups is 2. The summed E-state index contributed by atoms with van der Waals surface area (Å²) < 4.78 is 0. The van der Waals surface area contributed by atoms with Crippen LogP contribution in [0.1, 0.15) is 46.5 Å². The van der Waals surface area contributed by atoms with E-state index in [4.69, 9.17) is 0 Å². The van der Waals surface area contributed by atoms with Crippen LogP contribution in [-0.2, 0) is 4.79 Å². The highest BCUT2D eigenvalue weighted by molar-refractivity contribution is 8.00. The smallest absolute Gasteiger partial charge is 0.321 e. The van der Waals surface area contributed by atoms with E-state index in [1.54, 1.807) is 11.8 Å². The van der Waals surface area contributed by atoms with E-state index in [-0.39, 0.29) is 11.4 Å². The van der Waals surface area contributed by atoms with E-state index < -0.39 is 6.03 Å². The summed E-state index contributed by atoms with van der Waals surface area (Å²) in [6.45, 7) is 5.64. The summed E-state index contributed by atoms with van der Waals surface area (Å²) in [5.41, 5.74) is -0.317. The van der Waals surface area contributed by atoms with E-state index in [1.165, 1.54) is 25.7 Å². The van der Waals surface area contributed by atoms with Crippen molar-refractivity contribution in [3.8, 4) is 0 Å². The van der Waals surface area contributed by atoms with Gasteiger partial charge < -0.3 is 5.32 Å². The van der Waals surface area contributed by atoms with Gasteiger partial charge in [-0.05, 0) is 33.6 Å². The van der Waals surface area contributed by atoms with Gasteiger partial charge in [-0.3, -0.25) is 10.1 Å². The van der Waals surface area contributed by atoms with Crippen LogP contribution >= 0.6 is 11.8 Å². The largest absolute Gasteiger partial charge is 0.333 e. The molecule has 0 saturated heterocycles. The third kappa shape index (κ3) is 6.56. The van der Waals surface area contributed by atoms with E-state index in [1.807, 2.05) is 20.8 Å². The molecular formula is C12H22N2O2S. The molecule has 1 aliphatic rings. The summed E-state index contributed by atoms with van der Waals surface area (Å²) in [6.07, 6.45) is 4.94. The van der Waals surface area contributed by atoms with E-state index in [0.717, 1.165) is 0 Å². The van der Waals surface area contributed by atoms with Gasteiger partial charge in [0.25, 0.3) is 0 Å². The zero-order chi connectivity index (χ0) is 12.9. The van der Waals surface area contributed by atoms with Crippen molar-refractivity contribution in [3.63, 3.8) is 0 Å². The highest BCUT2D eigenvalue weighted by Crippen LogP contribution is 2.28. The molecule has 0 aromatic rings. The van der Waals surface area contributed by atoms with Crippen LogP contribution in [0, 0.1) is 0 Å². The van der Waals surface area contributed by atoms with E-state index in [0.29, 0.717) is 11.0 Å². The number of carbonyl (C=O) groups excluding carboxylic acids is 2. The van der Waals surface area contributed by atoms with Crippen LogP contribution in [0.3, 0.4) is 0 Å². The number of thioether (sulfide) groups is 1. The monoisotopic (exact) mass is 258 g/mol. The summed E-state index contributed by atoms with van der Waals surface area (Å²) in [5.74, 6) is 0.172. The predicted octanol–water partition coefficient (Wildman–Crippen LogP) is 2.29. The Morgan fingerprint density at radius 1 is 1.24 bits per heavy atom. The van der Waals surface area contributed by atoms with Gasteiger partial charge in [0.15, 0.2) is 0 Å². The third-order valence-corrected chi connectivity index (χ3v) is 3.87. The highest BCUT2D eigenvalue weighted by Gasteiger charge is 2.19. The molecule has 1 saturated carbocycles. The normalized spacial score (nSPS) is 16.9. The Bertz CT molecular complexity index is 281. The maximum absolute atomic E-state index is 11.5. The number of hydrogen-bond donors (Lipinski definition) is 2. The van der Waals surface area contributed by atoms with Gasteiger partial charge in [-0.15, -0.1) is 11.8 Å². The van der Waals surface area contributed by atoms with Crippen LogP contribution in [0.25, 0.3) is 0 Å². The average Bonchev–Trinajstić information content (AvgIpc) is 2.63. The van der Waals surface area contributed by atoms with Gasteiger partial charge in [-0.1, -0.05) is 12.8 Å². The first-order valence-electron chi connectivity index (χ1n) is 6.10. The Balaban J connectivity index is 2.17. The Labute approximate surface area is 107 Å². The van der Waals surface area contributed by atoms with Crippen LogP contribution in [0.15, 0.2) is 0 Å². The van der Waals surface area contributed by atoms with Gasteiger partial charge in [0.2, 0.25) is 5.91 Å². The molecular weight excluding hydrogens is 236 g/mol. The second-order valence-corrected chi connectivity index (χ2v) is 6.76. The van der Waals surface area contributed by atoms with Gasteiger partial charge in [-0.2, -0.15) is 0 Å². The molecule has 1 rings (SSSR count). The maximum atomic E-state index is 11.5. The van der Waals surface area contributed by atoms with Crippen LogP contribution in [-0.4, -0.2) is 28.5 Å². The molecule has 0 aliphatic heterocycles. The van der Waals surface area contributed by atoms with Gasteiger partial charge in [0.05, 0.1) is 5.75 Å². The fraction of sp³-hybridized carbons (Fsp3) is 0.833. The first-order chi connectivity index (χ1) is 7.87. The van der Waals surface area contributed by atoms with Crippen molar-refractivity contribution >= 4 is 23.7 Å². The highest BCUT2D eigenvalue weighted by atomic mass is 32.2. The topological polar surface area (TPSA) is 58.2 Å². The second kappa shape index (κ2) is 6.28. The number of rotatable bonds is 3. The molecule has 0 aromatic carbocycles. The van der Waals surface area contributed by atoms with E-state index in [9.17, 15) is 9.59 Å². The zero-order valence-corrected chi connectivity index (χ0v) is 11.7. The Hall–Kier alpha value is -0.710. The molecule has 0 bridgehead atoms. The standard InChI is InChI=1S/C12H22N2O2S/c1-12(2,3)14-11(16)13-10(15)8-17-9-6-4-5-7-9/h9H,4-8H2,1-3H3,(H2,13,14,15,16). The molecule has 0 heterocycles. The minimum absolute atomic E-state index is 0.205. The molecule has 98 valence electrons. The molecule has 0 aromatic heterocycles. The minimum Gasteiger partial charge on any atom is -0.333 e. The number of amides is 3. The zero-order valence-electron chi connectivity index (χ0n) is 10.8. The van der Waals surface area contributed by atoms with E-state index in [2.05, 4.69) is 10.6 Å². The molecule has 2 N–H and O–H groups in total. The van der Waals surface area contributed by atoms with Gasteiger partial charge in [0, 0.05) is 10.8 Å². The van der Waals surface area contributed by atoms with Crippen molar-refractivity contribution < 1.29 is 9.59 Å². The van der Waals surface area contributed by atoms with Gasteiger partial charge >= 0.3 is 6.03 Å². The first-order valence-corrected chi connectivity index (χ1v) is 7.15. The number of hydrogen-bond acceptors (Lipinski definition) is 3. The van der Waals surface area contributed by atoms with Gasteiger partial charge in [-0.25, -0.2) is 4.79 Å². The summed E-state index contributed by atoms with van der Waals surface area (Å²) >= 11 is 1.66. The molecule has 1 fully saturated rings. The molecule has 5 heteroatoms. The molecule has 0 unspecified atom stereocenters. The Morgan fingerprint density at radius 3 is 2.35 bits per heavy atom. The number of urea groups is 1. The molecule has 4 nitrogen and oxygen atoms in total. The molecule has 17 heavy (non-hydrogen) atoms. The lowest BCUT2D eigenvalue weighted by molar-refractivity contribution is -0.117. The van der Waals surface area contributed by atoms with Gasteiger partial charge in [0.1, 0.15) is 0 Å². The van der Waals surface area contributed by atoms with Crippen molar-refractivity contribution in [3.05, 3.63) is 0 Å². The van der Waals surface area contributed by atoms with Crippen LogP contribution in [0.5, 0.6) is 0 Å². The molecule has 0 atom stereocenters. The van der Waals surface area contributed by atoms with Crippen molar-refractivity contribution in [2.24, 2.45) is 0 Å². The molecule has 0 spiro atoms. The summed E-state index contributed by atoms with van der Waals surface area (Å²) in [7, 11) is 0. The maximum Gasteiger partial charge on any atom is 0.321 e. The average molecular weight is 258 g/mol. The molecule has 0 radical (unpaired) electrons. The van der Waals surface area contributed by atoms with Crippen molar-refractivity contribution in [2.75, 3.05) is 5.75 Å². The van der Waals surface area contributed by atoms with Crippen molar-refractivity contribution in [2.45, 2.75) is 57.2 Å². The fourth-order valence-corrected chi connectivity index (χ4v) is 2.91. The molecule has 3 amide bonds. The lowest BCUT2D eigenvalue weighted by atomic mass is 10.1. The Morgan fingerprint density at radius 2 is 1.82 bits per heavy atom. The first kappa shape index (κ1) is 14.4. The van der Waals surface area contributed by atoms with Crippen LogP contribution in [0.2, 0.25) is 0 Å². The quantitative estimate of drug-likeness (QED) is 0.816. The van der Waals surface area contributed by atoms with Crippen molar-refractivity contribution in [1.29, 1.82) is 0 Å². The predicted molar refractivity (Wildman–Crippen MR) is 71.1 cm³/mol. The number of nitrogens with one attached hydrogen (secondary N) is 2. The summed E-state index contributed by atoms with van der Waals surface area (Å²) in [6, 6.07) is -0.408. The minimum atomic E-state index is -0.408. The lowest BCUT2D eigenvalue weighted by Crippen LogP contribution is -2.48. The Kier molecular flexibility index (Phi) is 5.31.